The molecular weight excluding hydrogens is 500 g/mol. The highest BCUT2D eigenvalue weighted by atomic mass is 33.1. The van der Waals surface area contributed by atoms with E-state index in [0.717, 1.165) is 10.5 Å². The fraction of sp³-hybridized carbons (Fsp3) is 0.346. The molecule has 1 aliphatic rings. The van der Waals surface area contributed by atoms with Crippen LogP contribution in [0.3, 0.4) is 0 Å². The van der Waals surface area contributed by atoms with Crippen LogP contribution < -0.4 is 5.32 Å². The number of likely N-dealkylation sites (tertiary alicyclic amines) is 1. The molecule has 192 valence electrons. The zero-order valence-corrected chi connectivity index (χ0v) is 22.5. The molecule has 3 rings (SSSR count). The Morgan fingerprint density at radius 1 is 1.11 bits per heavy atom. The third-order valence-electron chi connectivity index (χ3n) is 5.81. The number of esters is 1. The molecule has 0 spiro atoms. The standard InChI is InChI=1S/C26H30N2O6S2/c1-17(2)21(23(30)34-6)28-16-26(24(28)31,27-22(29)18-10-8-7-9-11-18)35-36(32,33)20-14-12-19(13-15-20)25(3,4)5/h7-15,21H,1,16H2,2-6H3,(H,27,29). The summed E-state index contributed by atoms with van der Waals surface area (Å²) >= 11 is 0. The van der Waals surface area contributed by atoms with Crippen molar-refractivity contribution in [2.24, 2.45) is 0 Å². The molecule has 2 amide bonds. The van der Waals surface area contributed by atoms with E-state index in [2.05, 4.69) is 11.9 Å². The van der Waals surface area contributed by atoms with Crippen LogP contribution in [0.2, 0.25) is 0 Å². The minimum atomic E-state index is -4.08. The smallest absolute Gasteiger partial charge is 0.332 e. The number of amides is 2. The summed E-state index contributed by atoms with van der Waals surface area (Å²) in [5.41, 5.74) is 1.40. The lowest BCUT2D eigenvalue weighted by molar-refractivity contribution is -0.160. The van der Waals surface area contributed by atoms with E-state index in [-0.39, 0.29) is 22.4 Å². The van der Waals surface area contributed by atoms with Gasteiger partial charge in [0.2, 0.25) is 8.87 Å². The third kappa shape index (κ3) is 5.49. The van der Waals surface area contributed by atoms with Gasteiger partial charge in [-0.1, -0.05) is 57.7 Å². The average molecular weight is 531 g/mol. The monoisotopic (exact) mass is 530 g/mol. The van der Waals surface area contributed by atoms with Crippen molar-refractivity contribution in [3.8, 4) is 0 Å². The molecule has 8 nitrogen and oxygen atoms in total. The van der Waals surface area contributed by atoms with E-state index >= 15 is 0 Å². The van der Waals surface area contributed by atoms with Crippen LogP contribution in [0.5, 0.6) is 0 Å². The van der Waals surface area contributed by atoms with Gasteiger partial charge in [0.1, 0.15) is 0 Å². The van der Waals surface area contributed by atoms with Gasteiger partial charge >= 0.3 is 5.97 Å². The molecule has 0 radical (unpaired) electrons. The fourth-order valence-electron chi connectivity index (χ4n) is 3.81. The van der Waals surface area contributed by atoms with Gasteiger partial charge in [0.05, 0.1) is 18.6 Å². The quantitative estimate of drug-likeness (QED) is 0.183. The number of hydrogen-bond acceptors (Lipinski definition) is 7. The first-order chi connectivity index (χ1) is 16.7. The van der Waals surface area contributed by atoms with Crippen LogP contribution in [0.4, 0.5) is 0 Å². The van der Waals surface area contributed by atoms with Crippen molar-refractivity contribution in [3.63, 3.8) is 0 Å². The van der Waals surface area contributed by atoms with Gasteiger partial charge in [-0.05, 0) is 47.7 Å². The summed E-state index contributed by atoms with van der Waals surface area (Å²) in [7, 11) is -2.54. The molecule has 1 heterocycles. The molecular formula is C26H30N2O6S2. The maximum atomic E-state index is 13.5. The van der Waals surface area contributed by atoms with E-state index in [1.165, 1.54) is 19.2 Å². The second-order valence-corrected chi connectivity index (χ2v) is 13.7. The number of nitrogens with one attached hydrogen (secondary N) is 1. The number of β-lactam (4-membered cyclic amide) rings is 1. The number of rotatable bonds is 8. The van der Waals surface area contributed by atoms with Crippen molar-refractivity contribution in [1.29, 1.82) is 0 Å². The Bertz CT molecular complexity index is 1280. The summed E-state index contributed by atoms with van der Waals surface area (Å²) in [5, 5.41) is 2.61. The first-order valence-electron chi connectivity index (χ1n) is 11.2. The summed E-state index contributed by atoms with van der Waals surface area (Å²) in [6, 6.07) is 13.5. The van der Waals surface area contributed by atoms with Crippen molar-refractivity contribution < 1.29 is 27.5 Å². The van der Waals surface area contributed by atoms with Gasteiger partial charge in [0.15, 0.2) is 10.9 Å². The largest absolute Gasteiger partial charge is 0.467 e. The van der Waals surface area contributed by atoms with Crippen molar-refractivity contribution >= 4 is 37.4 Å². The van der Waals surface area contributed by atoms with E-state index in [9.17, 15) is 22.8 Å². The number of methoxy groups -OCH3 is 1. The maximum absolute atomic E-state index is 13.5. The average Bonchev–Trinajstić information content (AvgIpc) is 2.82. The van der Waals surface area contributed by atoms with E-state index in [1.807, 2.05) is 20.8 Å². The predicted octanol–water partition coefficient (Wildman–Crippen LogP) is 3.49. The lowest BCUT2D eigenvalue weighted by atomic mass is 9.87. The molecule has 0 saturated carbocycles. The Labute approximate surface area is 215 Å². The molecule has 2 unspecified atom stereocenters. The van der Waals surface area contributed by atoms with Crippen LogP contribution in [0.15, 0.2) is 71.6 Å². The first kappa shape index (κ1) is 27.5. The molecule has 2 atom stereocenters. The zero-order chi connectivity index (χ0) is 26.9. The number of ether oxygens (including phenoxy) is 1. The summed E-state index contributed by atoms with van der Waals surface area (Å²) in [4.78, 5) is 38.1. The van der Waals surface area contributed by atoms with E-state index in [1.54, 1.807) is 49.4 Å². The molecule has 1 fully saturated rings. The molecule has 0 aromatic heterocycles. The number of carbonyl (C=O) groups is 3. The predicted molar refractivity (Wildman–Crippen MR) is 139 cm³/mol. The van der Waals surface area contributed by atoms with Crippen LogP contribution in [0, 0.1) is 0 Å². The van der Waals surface area contributed by atoms with E-state index < -0.39 is 37.6 Å². The number of benzene rings is 2. The Morgan fingerprint density at radius 2 is 1.69 bits per heavy atom. The number of hydrogen-bond donors (Lipinski definition) is 1. The molecule has 2 aromatic carbocycles. The van der Waals surface area contributed by atoms with E-state index in [0.29, 0.717) is 16.4 Å². The molecule has 36 heavy (non-hydrogen) atoms. The van der Waals surface area contributed by atoms with Crippen LogP contribution in [-0.2, 0) is 28.6 Å². The summed E-state index contributed by atoms with van der Waals surface area (Å²) < 4.78 is 31.6. The first-order valence-corrected chi connectivity index (χ1v) is 14.0. The second-order valence-electron chi connectivity index (χ2n) is 9.66. The summed E-state index contributed by atoms with van der Waals surface area (Å²) in [6.45, 7) is 11.1. The van der Waals surface area contributed by atoms with Crippen molar-refractivity contribution in [3.05, 3.63) is 77.9 Å². The molecule has 1 N–H and O–H groups in total. The van der Waals surface area contributed by atoms with Gasteiger partial charge in [0.25, 0.3) is 11.8 Å². The van der Waals surface area contributed by atoms with Crippen LogP contribution in [-0.4, -0.2) is 55.7 Å². The van der Waals surface area contributed by atoms with Crippen molar-refractivity contribution in [2.75, 3.05) is 13.7 Å². The molecule has 0 bridgehead atoms. The number of carbonyl (C=O) groups excluding carboxylic acids is 3. The Hall–Kier alpha value is -3.11. The minimum Gasteiger partial charge on any atom is -0.467 e. The van der Waals surface area contributed by atoms with Gasteiger partial charge < -0.3 is 15.0 Å². The molecule has 10 heteroatoms. The summed E-state index contributed by atoms with van der Waals surface area (Å²) in [6.07, 6.45) is 0. The van der Waals surface area contributed by atoms with Crippen molar-refractivity contribution in [1.82, 2.24) is 10.2 Å². The molecule has 2 aromatic rings. The van der Waals surface area contributed by atoms with Crippen LogP contribution >= 0.6 is 10.8 Å². The highest BCUT2D eigenvalue weighted by Gasteiger charge is 2.60. The molecule has 1 aliphatic heterocycles. The SMILES string of the molecule is C=C(C)C(C(=O)OC)N1CC(NC(=O)c2ccccc2)(SS(=O)(=O)c2ccc(C(C)(C)C)cc2)C1=O. The topological polar surface area (TPSA) is 110 Å². The van der Waals surface area contributed by atoms with Gasteiger partial charge in [-0.2, -0.15) is 0 Å². The van der Waals surface area contributed by atoms with Gasteiger partial charge in [0, 0.05) is 16.4 Å². The lowest BCUT2D eigenvalue weighted by Crippen LogP contribution is -2.75. The zero-order valence-electron chi connectivity index (χ0n) is 20.9. The third-order valence-corrected chi connectivity index (χ3v) is 9.66. The summed E-state index contributed by atoms with van der Waals surface area (Å²) in [5.74, 6) is -2.05. The van der Waals surface area contributed by atoms with Gasteiger partial charge in [-0.15, -0.1) is 0 Å². The minimum absolute atomic E-state index is 0.00417. The molecule has 1 saturated heterocycles. The highest BCUT2D eigenvalue weighted by molar-refractivity contribution is 8.72. The maximum Gasteiger partial charge on any atom is 0.332 e. The van der Waals surface area contributed by atoms with Gasteiger partial charge in [-0.3, -0.25) is 9.59 Å². The normalized spacial score (nSPS) is 18.7. The van der Waals surface area contributed by atoms with Gasteiger partial charge in [-0.25, -0.2) is 13.2 Å². The van der Waals surface area contributed by atoms with Crippen LogP contribution in [0.25, 0.3) is 0 Å². The molecule has 0 aliphatic carbocycles. The van der Waals surface area contributed by atoms with E-state index in [4.69, 9.17) is 4.74 Å². The van der Waals surface area contributed by atoms with Crippen molar-refractivity contribution in [2.45, 2.75) is 48.9 Å². The Morgan fingerprint density at radius 3 is 2.17 bits per heavy atom. The van der Waals surface area contributed by atoms with Crippen LogP contribution in [0.1, 0.15) is 43.6 Å². The Balaban J connectivity index is 1.97. The Kier molecular flexibility index (Phi) is 7.71. The highest BCUT2D eigenvalue weighted by Crippen LogP contribution is 2.43. The fourth-order valence-corrected chi connectivity index (χ4v) is 7.51. The lowest BCUT2D eigenvalue weighted by Gasteiger charge is -2.50. The number of nitrogens with zero attached hydrogens (tertiary/aromatic N) is 1. The second kappa shape index (κ2) is 10.1.